The molecule has 1 unspecified atom stereocenters. The fraction of sp³-hybridized carbons (Fsp3) is 0.737. The van der Waals surface area contributed by atoms with E-state index < -0.39 is 0 Å². The highest BCUT2D eigenvalue weighted by Crippen LogP contribution is 2.16. The molecule has 8 nitrogen and oxygen atoms in total. The number of nitrogens with zero attached hydrogens (tertiary/aromatic N) is 4. The van der Waals surface area contributed by atoms with Crippen LogP contribution in [0.5, 0.6) is 0 Å². The molecule has 0 N–H and O–H groups in total. The van der Waals surface area contributed by atoms with E-state index in [1.165, 1.54) is 0 Å². The minimum absolute atomic E-state index is 0.0325. The Morgan fingerprint density at radius 1 is 1.30 bits per heavy atom. The van der Waals surface area contributed by atoms with Crippen molar-refractivity contribution < 1.29 is 18.8 Å². The van der Waals surface area contributed by atoms with E-state index in [2.05, 4.69) is 17.0 Å². The van der Waals surface area contributed by atoms with Crippen molar-refractivity contribution >= 4 is 11.8 Å². The minimum Gasteiger partial charge on any atom is -0.376 e. The molecular weight excluding hydrogens is 348 g/mol. The molecule has 2 aliphatic rings. The molecule has 1 atom stereocenters. The molecule has 2 fully saturated rings. The Kier molecular flexibility index (Phi) is 6.84. The molecule has 1 aromatic heterocycles. The molecule has 0 saturated carbocycles. The summed E-state index contributed by atoms with van der Waals surface area (Å²) in [5, 5.41) is 3.84. The van der Waals surface area contributed by atoms with Gasteiger partial charge in [-0.3, -0.25) is 9.59 Å². The smallest absolute Gasteiger partial charge is 0.276 e. The van der Waals surface area contributed by atoms with E-state index >= 15 is 0 Å². The quantitative estimate of drug-likeness (QED) is 0.708. The van der Waals surface area contributed by atoms with Crippen molar-refractivity contribution in [3.05, 3.63) is 17.5 Å². The van der Waals surface area contributed by atoms with Gasteiger partial charge in [-0.2, -0.15) is 0 Å². The van der Waals surface area contributed by atoms with Gasteiger partial charge in [0, 0.05) is 58.4 Å². The molecule has 0 radical (unpaired) electrons. The summed E-state index contributed by atoms with van der Waals surface area (Å²) in [5.41, 5.74) is 0.287. The van der Waals surface area contributed by atoms with Crippen molar-refractivity contribution in [3.8, 4) is 0 Å². The molecule has 0 bridgehead atoms. The van der Waals surface area contributed by atoms with Gasteiger partial charge in [0.1, 0.15) is 5.76 Å². The standard InChI is InChI=1S/C19H30N4O4/c1-3-21-8-10-22(11-9-21)18(24)6-7-23(14-16-5-4-12-26-16)19(25)17-13-15(2)27-20-17/h13,16H,3-12,14H2,1-2H3. The molecule has 1 aromatic rings. The second-order valence-electron chi connectivity index (χ2n) is 7.27. The molecule has 150 valence electrons. The maximum absolute atomic E-state index is 12.8. The third-order valence-electron chi connectivity index (χ3n) is 5.35. The van der Waals surface area contributed by atoms with Crippen LogP contribution in [0.1, 0.15) is 42.4 Å². The zero-order valence-electron chi connectivity index (χ0n) is 16.4. The Balaban J connectivity index is 1.57. The molecule has 2 aliphatic heterocycles. The van der Waals surface area contributed by atoms with Crippen molar-refractivity contribution in [1.82, 2.24) is 19.9 Å². The van der Waals surface area contributed by atoms with Crippen LogP contribution in [0.4, 0.5) is 0 Å². The molecule has 3 heterocycles. The number of aromatic nitrogens is 1. The van der Waals surface area contributed by atoms with Crippen LogP contribution in [0.3, 0.4) is 0 Å². The number of rotatable bonds is 7. The largest absolute Gasteiger partial charge is 0.376 e. The first-order valence-electron chi connectivity index (χ1n) is 9.91. The number of hydrogen-bond acceptors (Lipinski definition) is 6. The maximum atomic E-state index is 12.8. The predicted octanol–water partition coefficient (Wildman–Crippen LogP) is 1.16. The predicted molar refractivity (Wildman–Crippen MR) is 99.4 cm³/mol. The van der Waals surface area contributed by atoms with E-state index in [9.17, 15) is 9.59 Å². The molecule has 0 aliphatic carbocycles. The van der Waals surface area contributed by atoms with Gasteiger partial charge in [-0.05, 0) is 26.3 Å². The lowest BCUT2D eigenvalue weighted by Crippen LogP contribution is -2.49. The Morgan fingerprint density at radius 2 is 2.07 bits per heavy atom. The highest BCUT2D eigenvalue weighted by molar-refractivity contribution is 5.92. The summed E-state index contributed by atoms with van der Waals surface area (Å²) < 4.78 is 10.7. The van der Waals surface area contributed by atoms with E-state index in [0.717, 1.165) is 52.2 Å². The Hall–Kier alpha value is -1.93. The molecule has 27 heavy (non-hydrogen) atoms. The van der Waals surface area contributed by atoms with Crippen molar-refractivity contribution in [1.29, 1.82) is 0 Å². The van der Waals surface area contributed by atoms with Gasteiger partial charge in [-0.25, -0.2) is 0 Å². The third kappa shape index (κ3) is 5.29. The van der Waals surface area contributed by atoms with Gasteiger partial charge in [0.2, 0.25) is 5.91 Å². The molecule has 2 saturated heterocycles. The van der Waals surface area contributed by atoms with Crippen LogP contribution < -0.4 is 0 Å². The summed E-state index contributed by atoms with van der Waals surface area (Å²) in [5.74, 6) is 0.499. The zero-order valence-corrected chi connectivity index (χ0v) is 16.4. The normalized spacial score (nSPS) is 20.8. The highest BCUT2D eigenvalue weighted by Gasteiger charge is 2.27. The number of likely N-dealkylation sites (N-methyl/N-ethyl adjacent to an activating group) is 1. The number of hydrogen-bond donors (Lipinski definition) is 0. The van der Waals surface area contributed by atoms with Gasteiger partial charge >= 0.3 is 0 Å². The van der Waals surface area contributed by atoms with Crippen LogP contribution in [0.25, 0.3) is 0 Å². The number of piperazine rings is 1. The molecule has 0 aromatic carbocycles. The summed E-state index contributed by atoms with van der Waals surface area (Å²) in [6.07, 6.45) is 2.30. The summed E-state index contributed by atoms with van der Waals surface area (Å²) >= 11 is 0. The van der Waals surface area contributed by atoms with Crippen LogP contribution in [0.15, 0.2) is 10.6 Å². The van der Waals surface area contributed by atoms with Gasteiger partial charge in [0.25, 0.3) is 5.91 Å². The lowest BCUT2D eigenvalue weighted by atomic mass is 10.2. The fourth-order valence-corrected chi connectivity index (χ4v) is 3.64. The van der Waals surface area contributed by atoms with Gasteiger partial charge in [-0.15, -0.1) is 0 Å². The first kappa shape index (κ1) is 19.8. The lowest BCUT2D eigenvalue weighted by molar-refractivity contribution is -0.133. The molecular formula is C19H30N4O4. The van der Waals surface area contributed by atoms with Crippen LogP contribution in [0, 0.1) is 6.92 Å². The Bertz CT molecular complexity index is 633. The van der Waals surface area contributed by atoms with E-state index in [-0.39, 0.29) is 23.6 Å². The summed E-state index contributed by atoms with van der Waals surface area (Å²) in [7, 11) is 0. The zero-order chi connectivity index (χ0) is 19.2. The number of aryl methyl sites for hydroxylation is 1. The maximum Gasteiger partial charge on any atom is 0.276 e. The van der Waals surface area contributed by atoms with Gasteiger partial charge < -0.3 is 24.0 Å². The van der Waals surface area contributed by atoms with E-state index in [1.807, 2.05) is 4.90 Å². The number of carbonyl (C=O) groups excluding carboxylic acids is 2. The number of carbonyl (C=O) groups is 2. The molecule has 3 rings (SSSR count). The van der Waals surface area contributed by atoms with Gasteiger partial charge in [-0.1, -0.05) is 12.1 Å². The minimum atomic E-state index is -0.203. The Morgan fingerprint density at radius 3 is 2.67 bits per heavy atom. The van der Waals surface area contributed by atoms with Crippen molar-refractivity contribution in [2.75, 3.05) is 52.4 Å². The van der Waals surface area contributed by atoms with Crippen LogP contribution in [-0.2, 0) is 9.53 Å². The van der Waals surface area contributed by atoms with Gasteiger partial charge in [0.05, 0.1) is 6.10 Å². The number of ether oxygens (including phenoxy) is 1. The van der Waals surface area contributed by atoms with E-state index in [0.29, 0.717) is 25.3 Å². The third-order valence-corrected chi connectivity index (χ3v) is 5.35. The summed E-state index contributed by atoms with van der Waals surface area (Å²) in [6, 6.07) is 1.64. The second-order valence-corrected chi connectivity index (χ2v) is 7.27. The topological polar surface area (TPSA) is 79.1 Å². The molecule has 2 amide bonds. The average molecular weight is 378 g/mol. The highest BCUT2D eigenvalue weighted by atomic mass is 16.5. The molecule has 0 spiro atoms. The van der Waals surface area contributed by atoms with Crippen molar-refractivity contribution in [2.24, 2.45) is 0 Å². The van der Waals surface area contributed by atoms with E-state index in [1.54, 1.807) is 17.9 Å². The second kappa shape index (κ2) is 9.32. The van der Waals surface area contributed by atoms with E-state index in [4.69, 9.17) is 9.26 Å². The first-order chi connectivity index (χ1) is 13.1. The van der Waals surface area contributed by atoms with Crippen LogP contribution in [0.2, 0.25) is 0 Å². The van der Waals surface area contributed by atoms with Crippen LogP contribution in [-0.4, -0.2) is 90.2 Å². The molecule has 8 heteroatoms. The Labute approximate surface area is 160 Å². The first-order valence-corrected chi connectivity index (χ1v) is 9.91. The lowest BCUT2D eigenvalue weighted by Gasteiger charge is -2.34. The summed E-state index contributed by atoms with van der Waals surface area (Å²) in [6.45, 7) is 9.85. The SMILES string of the molecule is CCN1CCN(C(=O)CCN(CC2CCCO2)C(=O)c2cc(C)on2)CC1. The van der Waals surface area contributed by atoms with Crippen molar-refractivity contribution in [3.63, 3.8) is 0 Å². The summed E-state index contributed by atoms with van der Waals surface area (Å²) in [4.78, 5) is 31.4. The number of amides is 2. The monoisotopic (exact) mass is 378 g/mol. The van der Waals surface area contributed by atoms with Gasteiger partial charge in [0.15, 0.2) is 5.69 Å². The van der Waals surface area contributed by atoms with Crippen LogP contribution >= 0.6 is 0 Å². The fourth-order valence-electron chi connectivity index (χ4n) is 3.64. The van der Waals surface area contributed by atoms with Crippen molar-refractivity contribution in [2.45, 2.75) is 39.2 Å². The average Bonchev–Trinajstić information content (AvgIpc) is 3.36.